The molecule has 2 aromatic heterocycles. The number of aromatic nitrogens is 2. The SMILES string of the molecule is Nc1c(C(=O)NNC(=O)c2c[nH]c3ccccc3c2=O)cnc2ccccc12. The van der Waals surface area contributed by atoms with Crippen molar-refractivity contribution in [3.05, 3.63) is 82.3 Å². The summed E-state index contributed by atoms with van der Waals surface area (Å²) in [7, 11) is 0. The molecule has 0 unspecified atom stereocenters. The second-order valence-corrected chi connectivity index (χ2v) is 6.09. The Balaban J connectivity index is 1.56. The minimum atomic E-state index is -0.743. The summed E-state index contributed by atoms with van der Waals surface area (Å²) >= 11 is 0. The highest BCUT2D eigenvalue weighted by molar-refractivity contribution is 6.07. The Bertz CT molecular complexity index is 1300. The average molecular weight is 373 g/mol. The number of H-pyrrole nitrogens is 1. The van der Waals surface area contributed by atoms with Crippen molar-refractivity contribution in [1.82, 2.24) is 20.8 Å². The summed E-state index contributed by atoms with van der Waals surface area (Å²) in [6, 6.07) is 14.0. The maximum atomic E-state index is 12.5. The molecular weight excluding hydrogens is 358 g/mol. The highest BCUT2D eigenvalue weighted by atomic mass is 16.2. The summed E-state index contributed by atoms with van der Waals surface area (Å²) in [5.74, 6) is -1.38. The van der Waals surface area contributed by atoms with Crippen LogP contribution in [0.2, 0.25) is 0 Å². The van der Waals surface area contributed by atoms with Crippen LogP contribution in [0.1, 0.15) is 20.7 Å². The third-order valence-electron chi connectivity index (χ3n) is 4.38. The van der Waals surface area contributed by atoms with E-state index in [4.69, 9.17) is 5.73 Å². The molecule has 2 amide bonds. The van der Waals surface area contributed by atoms with E-state index in [0.29, 0.717) is 21.8 Å². The first-order valence-electron chi connectivity index (χ1n) is 8.40. The molecular formula is C20H15N5O3. The first-order valence-corrected chi connectivity index (χ1v) is 8.40. The van der Waals surface area contributed by atoms with Gasteiger partial charge < -0.3 is 10.7 Å². The molecule has 138 valence electrons. The Kier molecular flexibility index (Phi) is 4.21. The van der Waals surface area contributed by atoms with E-state index in [-0.39, 0.29) is 16.8 Å². The Morgan fingerprint density at radius 3 is 2.32 bits per heavy atom. The third kappa shape index (κ3) is 2.92. The van der Waals surface area contributed by atoms with Gasteiger partial charge in [0.05, 0.1) is 16.8 Å². The minimum Gasteiger partial charge on any atom is -0.397 e. The van der Waals surface area contributed by atoms with Gasteiger partial charge in [-0.05, 0) is 18.2 Å². The third-order valence-corrected chi connectivity index (χ3v) is 4.38. The van der Waals surface area contributed by atoms with Crippen LogP contribution in [0.3, 0.4) is 0 Å². The van der Waals surface area contributed by atoms with E-state index in [1.807, 2.05) is 6.07 Å². The van der Waals surface area contributed by atoms with Crippen molar-refractivity contribution >= 4 is 39.3 Å². The fourth-order valence-corrected chi connectivity index (χ4v) is 2.93. The zero-order valence-electron chi connectivity index (χ0n) is 14.5. The number of amides is 2. The molecule has 0 spiro atoms. The molecule has 0 bridgehead atoms. The molecule has 0 aliphatic heterocycles. The molecule has 2 heterocycles. The summed E-state index contributed by atoms with van der Waals surface area (Å²) in [6.45, 7) is 0. The first-order chi connectivity index (χ1) is 13.6. The molecule has 0 fully saturated rings. The fraction of sp³-hybridized carbons (Fsp3) is 0. The lowest BCUT2D eigenvalue weighted by Crippen LogP contribution is -2.43. The highest BCUT2D eigenvalue weighted by Crippen LogP contribution is 2.22. The maximum absolute atomic E-state index is 12.5. The van der Waals surface area contributed by atoms with Crippen LogP contribution in [0.15, 0.2) is 65.7 Å². The van der Waals surface area contributed by atoms with Crippen molar-refractivity contribution in [2.24, 2.45) is 0 Å². The van der Waals surface area contributed by atoms with Gasteiger partial charge in [0.25, 0.3) is 11.8 Å². The van der Waals surface area contributed by atoms with Gasteiger partial charge in [-0.2, -0.15) is 0 Å². The second-order valence-electron chi connectivity index (χ2n) is 6.09. The maximum Gasteiger partial charge on any atom is 0.275 e. The number of rotatable bonds is 2. The standard InChI is InChI=1S/C20H15N5O3/c21-17-11-5-1-3-7-15(11)22-9-13(17)19(27)24-25-20(28)14-10-23-16-8-4-2-6-12(16)18(14)26/h1-10H,(H2,21,22)(H,23,26)(H,24,27)(H,25,28). The van der Waals surface area contributed by atoms with Crippen molar-refractivity contribution in [3.63, 3.8) is 0 Å². The van der Waals surface area contributed by atoms with Crippen molar-refractivity contribution in [2.75, 3.05) is 5.73 Å². The number of nitrogens with two attached hydrogens (primary N) is 1. The number of hydrogen-bond acceptors (Lipinski definition) is 5. The molecule has 8 heteroatoms. The van der Waals surface area contributed by atoms with Crippen molar-refractivity contribution < 1.29 is 9.59 Å². The van der Waals surface area contributed by atoms with Crippen molar-refractivity contribution in [3.8, 4) is 0 Å². The zero-order chi connectivity index (χ0) is 19.7. The number of carbonyl (C=O) groups is 2. The smallest absolute Gasteiger partial charge is 0.275 e. The topological polar surface area (TPSA) is 130 Å². The summed E-state index contributed by atoms with van der Waals surface area (Å²) in [5.41, 5.74) is 11.6. The lowest BCUT2D eigenvalue weighted by atomic mass is 10.1. The van der Waals surface area contributed by atoms with E-state index in [2.05, 4.69) is 20.8 Å². The number of nitrogens with one attached hydrogen (secondary N) is 3. The van der Waals surface area contributed by atoms with Crippen LogP contribution >= 0.6 is 0 Å². The Morgan fingerprint density at radius 1 is 0.893 bits per heavy atom. The van der Waals surface area contributed by atoms with Gasteiger partial charge in [0.15, 0.2) is 0 Å². The van der Waals surface area contributed by atoms with Gasteiger partial charge in [0.2, 0.25) is 5.43 Å². The van der Waals surface area contributed by atoms with Gasteiger partial charge in [-0.25, -0.2) is 0 Å². The van der Waals surface area contributed by atoms with E-state index >= 15 is 0 Å². The number of para-hydroxylation sites is 2. The monoisotopic (exact) mass is 373 g/mol. The van der Waals surface area contributed by atoms with E-state index in [1.54, 1.807) is 42.5 Å². The zero-order valence-corrected chi connectivity index (χ0v) is 14.5. The van der Waals surface area contributed by atoms with Crippen LogP contribution in [0, 0.1) is 0 Å². The molecule has 0 aliphatic rings. The normalized spacial score (nSPS) is 10.7. The highest BCUT2D eigenvalue weighted by Gasteiger charge is 2.16. The Hall–Kier alpha value is -4.20. The van der Waals surface area contributed by atoms with Gasteiger partial charge >= 0.3 is 0 Å². The number of anilines is 1. The number of benzene rings is 2. The number of nitrogens with zero attached hydrogens (tertiary/aromatic N) is 1. The summed E-state index contributed by atoms with van der Waals surface area (Å²) in [5, 5.41) is 1.01. The van der Waals surface area contributed by atoms with Crippen LogP contribution in [0.4, 0.5) is 5.69 Å². The Morgan fingerprint density at radius 2 is 1.54 bits per heavy atom. The second kappa shape index (κ2) is 6.84. The quantitative estimate of drug-likeness (QED) is 0.398. The molecule has 8 nitrogen and oxygen atoms in total. The number of carbonyl (C=O) groups excluding carboxylic acids is 2. The number of hydrazine groups is 1. The van der Waals surface area contributed by atoms with E-state index < -0.39 is 17.2 Å². The van der Waals surface area contributed by atoms with Crippen LogP contribution < -0.4 is 22.0 Å². The molecule has 0 saturated carbocycles. The Labute approximate surface area is 158 Å². The molecule has 5 N–H and O–H groups in total. The number of nitrogen functional groups attached to an aromatic ring is 1. The average Bonchev–Trinajstić information content (AvgIpc) is 2.73. The largest absolute Gasteiger partial charge is 0.397 e. The van der Waals surface area contributed by atoms with Crippen LogP contribution in [-0.4, -0.2) is 21.8 Å². The van der Waals surface area contributed by atoms with Gasteiger partial charge in [0, 0.05) is 28.7 Å². The number of aromatic amines is 1. The van der Waals surface area contributed by atoms with Crippen LogP contribution in [0.25, 0.3) is 21.8 Å². The number of pyridine rings is 2. The lowest BCUT2D eigenvalue weighted by molar-refractivity contribution is 0.0846. The molecule has 0 atom stereocenters. The van der Waals surface area contributed by atoms with Crippen LogP contribution in [-0.2, 0) is 0 Å². The van der Waals surface area contributed by atoms with Gasteiger partial charge in [-0.15, -0.1) is 0 Å². The molecule has 4 rings (SSSR count). The lowest BCUT2D eigenvalue weighted by Gasteiger charge is -2.10. The molecule has 0 aliphatic carbocycles. The summed E-state index contributed by atoms with van der Waals surface area (Å²) in [6.07, 6.45) is 2.64. The summed E-state index contributed by atoms with van der Waals surface area (Å²) in [4.78, 5) is 44.3. The molecule has 2 aromatic carbocycles. The first kappa shape index (κ1) is 17.2. The van der Waals surface area contributed by atoms with Gasteiger partial charge in [-0.1, -0.05) is 30.3 Å². The molecule has 0 radical (unpaired) electrons. The fourth-order valence-electron chi connectivity index (χ4n) is 2.93. The molecule has 28 heavy (non-hydrogen) atoms. The predicted octanol–water partition coefficient (Wildman–Crippen LogP) is 1.73. The minimum absolute atomic E-state index is 0.117. The van der Waals surface area contributed by atoms with Crippen molar-refractivity contribution in [2.45, 2.75) is 0 Å². The number of fused-ring (bicyclic) bond motifs is 2. The van der Waals surface area contributed by atoms with E-state index in [1.165, 1.54) is 12.4 Å². The predicted molar refractivity (Wildman–Crippen MR) is 106 cm³/mol. The van der Waals surface area contributed by atoms with E-state index in [0.717, 1.165) is 0 Å². The van der Waals surface area contributed by atoms with Gasteiger partial charge in [-0.3, -0.25) is 30.2 Å². The van der Waals surface area contributed by atoms with Gasteiger partial charge in [0.1, 0.15) is 5.56 Å². The molecule has 4 aromatic rings. The molecule has 0 saturated heterocycles. The number of hydrogen-bond donors (Lipinski definition) is 4. The summed E-state index contributed by atoms with van der Waals surface area (Å²) < 4.78 is 0. The van der Waals surface area contributed by atoms with E-state index in [9.17, 15) is 14.4 Å². The van der Waals surface area contributed by atoms with Crippen molar-refractivity contribution in [1.29, 1.82) is 0 Å². The van der Waals surface area contributed by atoms with Crippen LogP contribution in [0.5, 0.6) is 0 Å².